The highest BCUT2D eigenvalue weighted by atomic mass is 19.4. The molecule has 0 aliphatic carbocycles. The van der Waals surface area contributed by atoms with Crippen LogP contribution in [0.2, 0.25) is 0 Å². The Kier molecular flexibility index (Phi) is 4.83. The lowest BCUT2D eigenvalue weighted by Gasteiger charge is -2.07. The van der Waals surface area contributed by atoms with Crippen LogP contribution >= 0.6 is 0 Å². The van der Waals surface area contributed by atoms with Gasteiger partial charge in [-0.3, -0.25) is 0 Å². The van der Waals surface area contributed by atoms with Gasteiger partial charge in [-0.1, -0.05) is 24.3 Å². The molecule has 0 aromatic carbocycles. The molecule has 16 heavy (non-hydrogen) atoms. The van der Waals surface area contributed by atoms with E-state index in [4.69, 9.17) is 0 Å². The average Bonchev–Trinajstić information content (AvgIpc) is 2.07. The first kappa shape index (κ1) is 14.8. The zero-order chi connectivity index (χ0) is 13.0. The van der Waals surface area contributed by atoms with Gasteiger partial charge >= 0.3 is 12.4 Å². The van der Waals surface area contributed by atoms with Gasteiger partial charge in [-0.05, 0) is 13.0 Å². The number of hydrogen-bond acceptors (Lipinski definition) is 0. The van der Waals surface area contributed by atoms with Crippen molar-refractivity contribution < 1.29 is 26.3 Å². The monoisotopic (exact) mass is 244 g/mol. The number of alkyl halides is 6. The van der Waals surface area contributed by atoms with E-state index in [1.165, 1.54) is 6.92 Å². The molecule has 0 saturated heterocycles. The summed E-state index contributed by atoms with van der Waals surface area (Å²) in [5, 5.41) is 0. The summed E-state index contributed by atoms with van der Waals surface area (Å²) in [7, 11) is 0. The molecule has 0 spiro atoms. The Labute approximate surface area is 88.9 Å². The molecule has 0 heterocycles. The maximum absolute atomic E-state index is 12.2. The number of hydrogen-bond donors (Lipinski definition) is 0. The Balaban J connectivity index is 4.81. The molecule has 0 saturated carbocycles. The van der Waals surface area contributed by atoms with Gasteiger partial charge in [-0.15, -0.1) is 0 Å². The molecule has 0 aromatic heterocycles. The highest BCUT2D eigenvalue weighted by Crippen LogP contribution is 2.28. The summed E-state index contributed by atoms with van der Waals surface area (Å²) < 4.78 is 71.8. The minimum absolute atomic E-state index is 0.107. The van der Waals surface area contributed by atoms with E-state index in [1.807, 2.05) is 0 Å². The van der Waals surface area contributed by atoms with Gasteiger partial charge in [0.15, 0.2) is 0 Å². The molecule has 0 aromatic rings. The fourth-order valence-corrected chi connectivity index (χ4v) is 0.837. The average molecular weight is 244 g/mol. The summed E-state index contributed by atoms with van der Waals surface area (Å²) in [5.74, 6) is 0. The molecule has 0 nitrogen and oxygen atoms in total. The minimum atomic E-state index is -4.60. The number of halogens is 6. The molecule has 0 bridgehead atoms. The van der Waals surface area contributed by atoms with Crippen LogP contribution in [0.4, 0.5) is 26.3 Å². The SMILES string of the molecule is C=C/C(=C\C(C)=C/CC(F)(F)F)C(F)(F)F. The maximum Gasteiger partial charge on any atom is 0.416 e. The summed E-state index contributed by atoms with van der Waals surface area (Å²) in [6, 6.07) is 0. The molecule has 0 aliphatic heterocycles. The molecular weight excluding hydrogens is 234 g/mol. The Morgan fingerprint density at radius 1 is 1.12 bits per heavy atom. The predicted molar refractivity (Wildman–Crippen MR) is 48.8 cm³/mol. The summed E-state index contributed by atoms with van der Waals surface area (Å²) in [5.41, 5.74) is -1.17. The predicted octanol–water partition coefficient (Wildman–Crippen LogP) is 4.56. The Hall–Kier alpha value is -1.20. The van der Waals surface area contributed by atoms with E-state index in [0.717, 1.165) is 0 Å². The molecule has 0 N–H and O–H groups in total. The molecule has 0 aliphatic rings. The van der Waals surface area contributed by atoms with E-state index >= 15 is 0 Å². The van der Waals surface area contributed by atoms with Crippen LogP contribution in [0.3, 0.4) is 0 Å². The lowest BCUT2D eigenvalue weighted by molar-refractivity contribution is -0.125. The van der Waals surface area contributed by atoms with Crippen molar-refractivity contribution in [2.75, 3.05) is 0 Å². The van der Waals surface area contributed by atoms with Gasteiger partial charge in [0, 0.05) is 0 Å². The van der Waals surface area contributed by atoms with Crippen LogP contribution in [0.1, 0.15) is 13.3 Å². The van der Waals surface area contributed by atoms with Gasteiger partial charge in [0.05, 0.1) is 12.0 Å². The standard InChI is InChI=1S/C10H10F6/c1-3-8(10(14,15)16)6-7(2)4-5-9(11,12)13/h3-4,6H,1,5H2,2H3/b7-4-,8-6+. The van der Waals surface area contributed by atoms with Crippen molar-refractivity contribution in [2.24, 2.45) is 0 Å². The van der Waals surface area contributed by atoms with Crippen molar-refractivity contribution in [3.05, 3.63) is 36.0 Å². The molecule has 6 heteroatoms. The molecule has 0 atom stereocenters. The topological polar surface area (TPSA) is 0 Å². The first-order valence-corrected chi connectivity index (χ1v) is 4.21. The van der Waals surface area contributed by atoms with Gasteiger partial charge in [-0.25, -0.2) is 0 Å². The fourth-order valence-electron chi connectivity index (χ4n) is 0.837. The molecule has 92 valence electrons. The van der Waals surface area contributed by atoms with Crippen molar-refractivity contribution >= 4 is 0 Å². The van der Waals surface area contributed by atoms with Crippen LogP contribution in [0, 0.1) is 0 Å². The van der Waals surface area contributed by atoms with E-state index in [1.54, 1.807) is 0 Å². The van der Waals surface area contributed by atoms with Crippen LogP contribution in [-0.2, 0) is 0 Å². The first-order chi connectivity index (χ1) is 7.06. The summed E-state index contributed by atoms with van der Waals surface area (Å²) in [4.78, 5) is 0. The third-order valence-electron chi connectivity index (χ3n) is 1.59. The second kappa shape index (κ2) is 5.23. The van der Waals surface area contributed by atoms with Crippen LogP contribution in [0.5, 0.6) is 0 Å². The van der Waals surface area contributed by atoms with Gasteiger partial charge < -0.3 is 0 Å². The largest absolute Gasteiger partial charge is 0.416 e. The van der Waals surface area contributed by atoms with Crippen molar-refractivity contribution in [3.63, 3.8) is 0 Å². The van der Waals surface area contributed by atoms with Crippen molar-refractivity contribution in [3.8, 4) is 0 Å². The minimum Gasteiger partial charge on any atom is -0.171 e. The van der Waals surface area contributed by atoms with E-state index in [2.05, 4.69) is 6.58 Å². The Morgan fingerprint density at radius 3 is 1.94 bits per heavy atom. The lowest BCUT2D eigenvalue weighted by Crippen LogP contribution is -2.10. The third kappa shape index (κ3) is 6.31. The van der Waals surface area contributed by atoms with E-state index in [9.17, 15) is 26.3 Å². The maximum atomic E-state index is 12.2. The highest BCUT2D eigenvalue weighted by molar-refractivity contribution is 5.31. The lowest BCUT2D eigenvalue weighted by atomic mass is 10.1. The molecule has 0 amide bonds. The zero-order valence-corrected chi connectivity index (χ0v) is 8.41. The van der Waals surface area contributed by atoms with Crippen molar-refractivity contribution in [2.45, 2.75) is 25.7 Å². The van der Waals surface area contributed by atoms with Crippen LogP contribution in [0.15, 0.2) is 36.0 Å². The fraction of sp³-hybridized carbons (Fsp3) is 0.400. The quantitative estimate of drug-likeness (QED) is 0.504. The van der Waals surface area contributed by atoms with Gasteiger partial charge in [0.1, 0.15) is 0 Å². The Bertz CT molecular complexity index is 302. The van der Waals surface area contributed by atoms with E-state index < -0.39 is 24.3 Å². The normalized spacial score (nSPS) is 15.2. The smallest absolute Gasteiger partial charge is 0.171 e. The van der Waals surface area contributed by atoms with E-state index in [0.29, 0.717) is 18.2 Å². The molecule has 0 unspecified atom stereocenters. The van der Waals surface area contributed by atoms with Gasteiger partial charge in [0.2, 0.25) is 0 Å². The van der Waals surface area contributed by atoms with Gasteiger partial charge in [-0.2, -0.15) is 26.3 Å². The van der Waals surface area contributed by atoms with Crippen molar-refractivity contribution in [1.29, 1.82) is 0 Å². The van der Waals surface area contributed by atoms with Crippen LogP contribution in [0.25, 0.3) is 0 Å². The molecule has 0 fully saturated rings. The van der Waals surface area contributed by atoms with Gasteiger partial charge in [0.25, 0.3) is 0 Å². The number of rotatable bonds is 3. The molecular formula is C10H10F6. The van der Waals surface area contributed by atoms with Crippen molar-refractivity contribution in [1.82, 2.24) is 0 Å². The third-order valence-corrected chi connectivity index (χ3v) is 1.59. The molecule has 0 rings (SSSR count). The van der Waals surface area contributed by atoms with Crippen LogP contribution in [-0.4, -0.2) is 12.4 Å². The summed E-state index contributed by atoms with van der Waals surface area (Å²) >= 11 is 0. The second-order valence-corrected chi connectivity index (χ2v) is 3.07. The van der Waals surface area contributed by atoms with E-state index in [-0.39, 0.29) is 5.57 Å². The highest BCUT2D eigenvalue weighted by Gasteiger charge is 2.31. The summed E-state index contributed by atoms with van der Waals surface area (Å²) in [6.45, 7) is 4.12. The van der Waals surface area contributed by atoms with Crippen LogP contribution < -0.4 is 0 Å². The Morgan fingerprint density at radius 2 is 1.62 bits per heavy atom. The second-order valence-electron chi connectivity index (χ2n) is 3.07. The number of allylic oxidation sites excluding steroid dienone is 5. The molecule has 0 radical (unpaired) electrons. The first-order valence-electron chi connectivity index (χ1n) is 4.21. The summed E-state index contributed by atoms with van der Waals surface area (Å²) in [6.07, 6.45) is -8.40. The zero-order valence-electron chi connectivity index (χ0n) is 8.41.